The first-order chi connectivity index (χ1) is 13.8. The van der Waals surface area contributed by atoms with Crippen LogP contribution < -0.4 is 4.74 Å². The van der Waals surface area contributed by atoms with Gasteiger partial charge in [0, 0.05) is 18.2 Å². The van der Waals surface area contributed by atoms with Gasteiger partial charge in [-0.1, -0.05) is 0 Å². The van der Waals surface area contributed by atoms with Gasteiger partial charge in [0.25, 0.3) is 0 Å². The number of aryl methyl sites for hydroxylation is 1. The van der Waals surface area contributed by atoms with Crippen molar-refractivity contribution in [1.29, 1.82) is 0 Å². The van der Waals surface area contributed by atoms with Crippen molar-refractivity contribution in [2.75, 3.05) is 27.2 Å². The molecule has 6 nitrogen and oxygen atoms in total. The fourth-order valence-electron chi connectivity index (χ4n) is 4.00. The molecule has 1 saturated heterocycles. The van der Waals surface area contributed by atoms with Gasteiger partial charge in [-0.25, -0.2) is 4.98 Å². The number of likely N-dealkylation sites (N-methyl/N-ethyl adjacent to an activating group) is 1. The Hall–Kier alpha value is -2.68. The maximum Gasteiger partial charge on any atom is 0.416 e. The van der Waals surface area contributed by atoms with Gasteiger partial charge >= 0.3 is 6.18 Å². The first-order valence-corrected chi connectivity index (χ1v) is 9.43. The van der Waals surface area contributed by atoms with Gasteiger partial charge in [-0.3, -0.25) is 0 Å². The van der Waals surface area contributed by atoms with Gasteiger partial charge in [-0.05, 0) is 57.1 Å². The summed E-state index contributed by atoms with van der Waals surface area (Å²) in [5.74, 6) is 0.110. The minimum atomic E-state index is -4.45. The zero-order valence-corrected chi connectivity index (χ0v) is 16.5. The molecule has 0 saturated carbocycles. The van der Waals surface area contributed by atoms with Crippen molar-refractivity contribution in [3.05, 3.63) is 35.7 Å². The second-order valence-corrected chi connectivity index (χ2v) is 7.52. The van der Waals surface area contributed by atoms with Crippen molar-refractivity contribution in [3.8, 4) is 17.0 Å². The van der Waals surface area contributed by atoms with Crippen LogP contribution in [0.1, 0.15) is 30.0 Å². The van der Waals surface area contributed by atoms with E-state index in [9.17, 15) is 13.2 Å². The van der Waals surface area contributed by atoms with Gasteiger partial charge in [-0.15, -0.1) is 10.2 Å². The lowest BCUT2D eigenvalue weighted by atomic mass is 10.0. The van der Waals surface area contributed by atoms with Gasteiger partial charge in [0.15, 0.2) is 5.65 Å². The molecule has 1 aliphatic rings. The Morgan fingerprint density at radius 2 is 1.97 bits per heavy atom. The fourth-order valence-corrected chi connectivity index (χ4v) is 4.00. The highest BCUT2D eigenvalue weighted by Gasteiger charge is 2.32. The van der Waals surface area contributed by atoms with E-state index in [1.54, 1.807) is 19.3 Å². The van der Waals surface area contributed by atoms with Gasteiger partial charge in [0.1, 0.15) is 11.3 Å². The summed E-state index contributed by atoms with van der Waals surface area (Å²) in [6.07, 6.45) is -0.526. The third-order valence-electron chi connectivity index (χ3n) is 5.42. The Balaban J connectivity index is 1.76. The molecular formula is C20H22F3N5O. The number of piperidine rings is 1. The summed E-state index contributed by atoms with van der Waals surface area (Å²) in [4.78, 5) is 6.74. The number of rotatable bonds is 3. The standard InChI is InChI=1S/C20H22F3N5O/c1-12-7-13(20(21,22)23)8-17(29-3)18(12)15-9-16-19(26-25-15)28(11-24-16)14-5-4-6-27(2)10-14/h7-9,11,14H,4-6,10H2,1-3H3/t14-/m1/s1. The molecule has 154 valence electrons. The molecule has 1 aromatic carbocycles. The molecule has 1 fully saturated rings. The van der Waals surface area contributed by atoms with Crippen molar-refractivity contribution >= 4 is 11.2 Å². The number of nitrogens with zero attached hydrogens (tertiary/aromatic N) is 5. The largest absolute Gasteiger partial charge is 0.496 e. The van der Waals surface area contributed by atoms with Crippen LogP contribution in [0, 0.1) is 6.92 Å². The number of fused-ring (bicyclic) bond motifs is 1. The summed E-state index contributed by atoms with van der Waals surface area (Å²) in [6, 6.07) is 4.12. The predicted molar refractivity (Wildman–Crippen MR) is 103 cm³/mol. The number of ether oxygens (including phenoxy) is 1. The second kappa shape index (κ2) is 7.29. The highest BCUT2D eigenvalue weighted by atomic mass is 19.4. The zero-order chi connectivity index (χ0) is 20.8. The van der Waals surface area contributed by atoms with Crippen LogP contribution in [0.4, 0.5) is 13.2 Å². The van der Waals surface area contributed by atoms with Gasteiger partial charge < -0.3 is 14.2 Å². The Bertz CT molecular complexity index is 1050. The molecule has 3 aromatic rings. The number of aromatic nitrogens is 4. The summed E-state index contributed by atoms with van der Waals surface area (Å²) < 4.78 is 46.7. The number of hydrogen-bond donors (Lipinski definition) is 0. The van der Waals surface area contributed by atoms with Gasteiger partial charge in [0.2, 0.25) is 0 Å². The normalized spacial score (nSPS) is 18.3. The number of hydrogen-bond acceptors (Lipinski definition) is 5. The van der Waals surface area contributed by atoms with Crippen LogP contribution in [0.3, 0.4) is 0 Å². The average molecular weight is 405 g/mol. The molecular weight excluding hydrogens is 383 g/mol. The van der Waals surface area contributed by atoms with E-state index in [4.69, 9.17) is 4.74 Å². The SMILES string of the molecule is COc1cc(C(F)(F)F)cc(C)c1-c1cc2ncn([C@@H]3CCCN(C)C3)c2nn1. The molecule has 0 amide bonds. The maximum atomic E-state index is 13.1. The second-order valence-electron chi connectivity index (χ2n) is 7.52. The van der Waals surface area contributed by atoms with Crippen LogP contribution in [0.5, 0.6) is 5.75 Å². The van der Waals surface area contributed by atoms with Crippen LogP contribution in [-0.2, 0) is 6.18 Å². The number of benzene rings is 1. The fraction of sp³-hybridized carbons (Fsp3) is 0.450. The number of methoxy groups -OCH3 is 1. The van der Waals surface area contributed by atoms with Gasteiger partial charge in [-0.2, -0.15) is 13.2 Å². The monoisotopic (exact) mass is 405 g/mol. The summed E-state index contributed by atoms with van der Waals surface area (Å²) >= 11 is 0. The molecule has 4 rings (SSSR count). The Morgan fingerprint density at radius 1 is 1.17 bits per heavy atom. The van der Waals surface area contributed by atoms with E-state index in [1.807, 2.05) is 4.57 Å². The van der Waals surface area contributed by atoms with E-state index in [0.717, 1.165) is 38.1 Å². The molecule has 0 unspecified atom stereocenters. The lowest BCUT2D eigenvalue weighted by molar-refractivity contribution is -0.137. The quantitative estimate of drug-likeness (QED) is 0.657. The number of alkyl halides is 3. The van der Waals surface area contributed by atoms with Crippen molar-refractivity contribution < 1.29 is 17.9 Å². The summed E-state index contributed by atoms with van der Waals surface area (Å²) in [5.41, 5.74) is 1.92. The molecule has 2 aromatic heterocycles. The van der Waals surface area contributed by atoms with Crippen LogP contribution >= 0.6 is 0 Å². The van der Waals surface area contributed by atoms with Crippen LogP contribution in [0.15, 0.2) is 24.5 Å². The lowest BCUT2D eigenvalue weighted by Gasteiger charge is -2.30. The average Bonchev–Trinajstić information content (AvgIpc) is 3.09. The molecule has 0 spiro atoms. The summed E-state index contributed by atoms with van der Waals surface area (Å²) in [5, 5.41) is 8.66. The molecule has 9 heteroatoms. The lowest BCUT2D eigenvalue weighted by Crippen LogP contribution is -2.33. The number of halogens is 3. The van der Waals surface area contributed by atoms with Crippen LogP contribution in [0.2, 0.25) is 0 Å². The topological polar surface area (TPSA) is 56.1 Å². The van der Waals surface area contributed by atoms with Crippen LogP contribution in [0.25, 0.3) is 22.4 Å². The molecule has 0 bridgehead atoms. The third-order valence-corrected chi connectivity index (χ3v) is 5.42. The molecule has 0 N–H and O–H groups in total. The highest BCUT2D eigenvalue weighted by Crippen LogP contribution is 2.39. The molecule has 3 heterocycles. The first-order valence-electron chi connectivity index (χ1n) is 9.43. The molecule has 1 aliphatic heterocycles. The number of imidazole rings is 1. The highest BCUT2D eigenvalue weighted by molar-refractivity contribution is 5.79. The minimum absolute atomic E-state index is 0.110. The maximum absolute atomic E-state index is 13.1. The molecule has 1 atom stereocenters. The van der Waals surface area contributed by atoms with E-state index in [2.05, 4.69) is 27.1 Å². The van der Waals surface area contributed by atoms with E-state index in [0.29, 0.717) is 28.0 Å². The van der Waals surface area contributed by atoms with Gasteiger partial charge in [0.05, 0.1) is 24.7 Å². The minimum Gasteiger partial charge on any atom is -0.496 e. The van der Waals surface area contributed by atoms with E-state index < -0.39 is 11.7 Å². The molecule has 0 aliphatic carbocycles. The van der Waals surface area contributed by atoms with Crippen molar-refractivity contribution in [3.63, 3.8) is 0 Å². The predicted octanol–water partition coefficient (Wildman–Crippen LogP) is 4.10. The number of likely N-dealkylation sites (tertiary alicyclic amines) is 1. The van der Waals surface area contributed by atoms with Crippen molar-refractivity contribution in [1.82, 2.24) is 24.6 Å². The van der Waals surface area contributed by atoms with Crippen LogP contribution in [-0.4, -0.2) is 51.9 Å². The Labute approximate surface area is 166 Å². The summed E-state index contributed by atoms with van der Waals surface area (Å²) in [6.45, 7) is 3.60. The third kappa shape index (κ3) is 3.66. The van der Waals surface area contributed by atoms with Crippen molar-refractivity contribution in [2.24, 2.45) is 0 Å². The molecule has 0 radical (unpaired) electrons. The van der Waals surface area contributed by atoms with E-state index in [1.165, 1.54) is 7.11 Å². The first kappa shape index (κ1) is 19.6. The smallest absolute Gasteiger partial charge is 0.416 e. The Morgan fingerprint density at radius 3 is 2.66 bits per heavy atom. The van der Waals surface area contributed by atoms with E-state index in [-0.39, 0.29) is 11.8 Å². The Kier molecular flexibility index (Phi) is 4.94. The zero-order valence-electron chi connectivity index (χ0n) is 16.5. The van der Waals surface area contributed by atoms with E-state index >= 15 is 0 Å². The molecule has 29 heavy (non-hydrogen) atoms. The summed E-state index contributed by atoms with van der Waals surface area (Å²) in [7, 11) is 3.44. The van der Waals surface area contributed by atoms with Crippen molar-refractivity contribution in [2.45, 2.75) is 32.0 Å².